The molecule has 1 aliphatic heterocycles. The first-order valence-electron chi connectivity index (χ1n) is 7.43. The Labute approximate surface area is 155 Å². The van der Waals surface area contributed by atoms with Gasteiger partial charge in [-0.3, -0.25) is 9.59 Å². The number of thioether (sulfide) groups is 1. The summed E-state index contributed by atoms with van der Waals surface area (Å²) in [5.41, 5.74) is -0.748. The average Bonchev–Trinajstić information content (AvgIpc) is 2.88. The number of hydrogen-bond donors (Lipinski definition) is 0. The molecule has 2 amide bonds. The Morgan fingerprint density at radius 1 is 1.07 bits per heavy atom. The maximum atomic E-state index is 12.9. The summed E-state index contributed by atoms with van der Waals surface area (Å²) in [6.07, 6.45) is -3.24. The second kappa shape index (κ2) is 6.92. The Bertz CT molecular complexity index is 967. The number of rotatable bonds is 3. The smallest absolute Gasteiger partial charge is 0.416 e. The molecule has 0 radical (unpaired) electrons. The first kappa shape index (κ1) is 18.7. The van der Waals surface area contributed by atoms with E-state index in [2.05, 4.69) is 0 Å². The van der Waals surface area contributed by atoms with Gasteiger partial charge in [0.2, 0.25) is 0 Å². The highest BCUT2D eigenvalue weighted by Crippen LogP contribution is 2.38. The van der Waals surface area contributed by atoms with Crippen LogP contribution in [-0.2, 0) is 11.0 Å². The lowest BCUT2D eigenvalue weighted by Gasteiger charge is -2.14. The molecule has 9 heteroatoms. The summed E-state index contributed by atoms with van der Waals surface area (Å²) in [5.74, 6) is -2.11. The summed E-state index contributed by atoms with van der Waals surface area (Å²) in [4.78, 5) is 36.1. The highest BCUT2D eigenvalue weighted by Gasteiger charge is 2.38. The van der Waals surface area contributed by atoms with E-state index in [1.165, 1.54) is 36.4 Å². The predicted octanol–water partition coefficient (Wildman–Crippen LogP) is 3.31. The highest BCUT2D eigenvalue weighted by atomic mass is 32.2. The molecule has 2 aromatic carbocycles. The molecule has 0 N–H and O–H groups in total. The van der Waals surface area contributed by atoms with Gasteiger partial charge in [0, 0.05) is 0 Å². The third-order valence-corrected chi connectivity index (χ3v) is 4.54. The molecule has 0 atom stereocenters. The maximum Gasteiger partial charge on any atom is 0.416 e. The minimum atomic E-state index is -4.60. The fourth-order valence-electron chi connectivity index (χ4n) is 2.38. The molecule has 1 fully saturated rings. The second-order valence-corrected chi connectivity index (χ2v) is 6.47. The van der Waals surface area contributed by atoms with E-state index < -0.39 is 28.9 Å². The van der Waals surface area contributed by atoms with E-state index in [0.29, 0.717) is 22.2 Å². The lowest BCUT2D eigenvalue weighted by atomic mass is 10.1. The van der Waals surface area contributed by atoms with Crippen molar-refractivity contribution < 1.29 is 32.7 Å². The van der Waals surface area contributed by atoms with Gasteiger partial charge in [-0.15, -0.1) is 0 Å². The predicted molar refractivity (Wildman–Crippen MR) is 90.7 cm³/mol. The number of carboxylic acids is 1. The van der Waals surface area contributed by atoms with Crippen LogP contribution in [0.1, 0.15) is 21.5 Å². The first-order valence-corrected chi connectivity index (χ1v) is 8.25. The van der Waals surface area contributed by atoms with Crippen LogP contribution in [-0.4, -0.2) is 17.1 Å². The van der Waals surface area contributed by atoms with Gasteiger partial charge in [-0.05, 0) is 47.2 Å². The Kier molecular flexibility index (Phi) is 4.79. The van der Waals surface area contributed by atoms with Crippen molar-refractivity contribution in [2.45, 2.75) is 6.18 Å². The molecule has 0 unspecified atom stereocenters. The number of nitrogens with zero attached hydrogens (tertiary/aromatic N) is 1. The van der Waals surface area contributed by atoms with E-state index in [-0.39, 0.29) is 16.2 Å². The Morgan fingerprint density at radius 3 is 2.33 bits per heavy atom. The number of anilines is 1. The summed E-state index contributed by atoms with van der Waals surface area (Å²) in [6, 6.07) is 9.32. The molecule has 0 aliphatic carbocycles. The highest BCUT2D eigenvalue weighted by molar-refractivity contribution is 8.19. The maximum absolute atomic E-state index is 12.9. The first-order chi connectivity index (χ1) is 12.7. The minimum Gasteiger partial charge on any atom is -0.545 e. The Balaban J connectivity index is 1.90. The fourth-order valence-corrected chi connectivity index (χ4v) is 3.22. The van der Waals surface area contributed by atoms with E-state index in [9.17, 15) is 32.7 Å². The van der Waals surface area contributed by atoms with Crippen LogP contribution >= 0.6 is 11.8 Å². The van der Waals surface area contributed by atoms with Crippen molar-refractivity contribution in [3.8, 4) is 0 Å². The summed E-state index contributed by atoms with van der Waals surface area (Å²) in [6.45, 7) is 0. The number of carbonyl (C=O) groups excluding carboxylic acids is 3. The van der Waals surface area contributed by atoms with Gasteiger partial charge in [0.1, 0.15) is 0 Å². The van der Waals surface area contributed by atoms with Crippen molar-refractivity contribution in [3.63, 3.8) is 0 Å². The van der Waals surface area contributed by atoms with Gasteiger partial charge in [0.25, 0.3) is 11.1 Å². The molecule has 1 saturated heterocycles. The Hall–Kier alpha value is -3.07. The number of hydrogen-bond acceptors (Lipinski definition) is 5. The molecule has 0 spiro atoms. The summed E-state index contributed by atoms with van der Waals surface area (Å²) in [5, 5.41) is 10.0. The molecular weight excluding hydrogens is 383 g/mol. The molecule has 138 valence electrons. The number of benzene rings is 2. The molecule has 1 aliphatic rings. The topological polar surface area (TPSA) is 77.5 Å². The van der Waals surface area contributed by atoms with Gasteiger partial charge in [0.05, 0.1) is 22.1 Å². The van der Waals surface area contributed by atoms with Gasteiger partial charge >= 0.3 is 6.18 Å². The van der Waals surface area contributed by atoms with Crippen molar-refractivity contribution in [2.75, 3.05) is 4.90 Å². The average molecular weight is 392 g/mol. The summed E-state index contributed by atoms with van der Waals surface area (Å²) >= 11 is 0.584. The number of halogens is 3. The summed E-state index contributed by atoms with van der Waals surface area (Å²) in [7, 11) is 0. The van der Waals surface area contributed by atoms with Crippen molar-refractivity contribution in [1.29, 1.82) is 0 Å². The molecule has 1 heterocycles. The van der Waals surface area contributed by atoms with Crippen LogP contribution in [0.2, 0.25) is 0 Å². The van der Waals surface area contributed by atoms with Crippen LogP contribution < -0.4 is 10.0 Å². The van der Waals surface area contributed by atoms with Crippen molar-refractivity contribution in [1.82, 2.24) is 0 Å². The third-order valence-electron chi connectivity index (χ3n) is 3.67. The number of alkyl halides is 3. The van der Waals surface area contributed by atoms with E-state index in [4.69, 9.17) is 0 Å². The number of carbonyl (C=O) groups is 3. The number of amides is 2. The normalized spacial score (nSPS) is 16.3. The largest absolute Gasteiger partial charge is 0.545 e. The van der Waals surface area contributed by atoms with Crippen molar-refractivity contribution in [3.05, 3.63) is 70.1 Å². The van der Waals surface area contributed by atoms with E-state index >= 15 is 0 Å². The zero-order valence-corrected chi connectivity index (χ0v) is 14.1. The van der Waals surface area contributed by atoms with Crippen LogP contribution in [0.25, 0.3) is 6.08 Å². The van der Waals surface area contributed by atoms with Gasteiger partial charge in [0.15, 0.2) is 0 Å². The van der Waals surface area contributed by atoms with E-state index in [1.54, 1.807) is 0 Å². The molecular formula is C18H9F3NO4S-. The molecule has 3 rings (SSSR count). The van der Waals surface area contributed by atoms with Crippen LogP contribution in [0, 0.1) is 0 Å². The van der Waals surface area contributed by atoms with Crippen LogP contribution in [0.4, 0.5) is 23.7 Å². The van der Waals surface area contributed by atoms with E-state index in [1.807, 2.05) is 0 Å². The van der Waals surface area contributed by atoms with Crippen molar-refractivity contribution in [2.24, 2.45) is 0 Å². The van der Waals surface area contributed by atoms with Gasteiger partial charge < -0.3 is 9.90 Å². The zero-order valence-electron chi connectivity index (χ0n) is 13.3. The molecule has 2 aromatic rings. The van der Waals surface area contributed by atoms with Gasteiger partial charge in [-0.25, -0.2) is 4.90 Å². The SMILES string of the molecule is O=C([O-])c1ccc(/C=C2\SC(=O)N(c3cccc(C(F)(F)F)c3)C2=O)cc1. The molecule has 0 saturated carbocycles. The van der Waals surface area contributed by atoms with Gasteiger partial charge in [-0.2, -0.15) is 13.2 Å². The van der Waals surface area contributed by atoms with E-state index in [0.717, 1.165) is 18.2 Å². The number of aromatic carboxylic acids is 1. The Morgan fingerprint density at radius 2 is 1.74 bits per heavy atom. The van der Waals surface area contributed by atoms with Gasteiger partial charge in [-0.1, -0.05) is 30.3 Å². The van der Waals surface area contributed by atoms with Crippen LogP contribution in [0.5, 0.6) is 0 Å². The number of carboxylic acid groups (broad SMARTS) is 1. The minimum absolute atomic E-state index is 0.0126. The monoisotopic (exact) mass is 392 g/mol. The molecule has 5 nitrogen and oxygen atoms in total. The zero-order chi connectivity index (χ0) is 19.8. The van der Waals surface area contributed by atoms with Crippen LogP contribution in [0.3, 0.4) is 0 Å². The molecule has 0 aromatic heterocycles. The second-order valence-electron chi connectivity index (χ2n) is 5.47. The standard InChI is InChI=1S/C18H10F3NO4S/c19-18(20,21)12-2-1-3-13(9-12)22-15(23)14(27-17(22)26)8-10-4-6-11(7-5-10)16(24)25/h1-9H,(H,24,25)/p-1/b14-8-. The number of imide groups is 1. The lowest BCUT2D eigenvalue weighted by Crippen LogP contribution is -2.28. The van der Waals surface area contributed by atoms with Crippen LogP contribution in [0.15, 0.2) is 53.4 Å². The molecule has 0 bridgehead atoms. The summed E-state index contributed by atoms with van der Waals surface area (Å²) < 4.78 is 38.6. The lowest BCUT2D eigenvalue weighted by molar-refractivity contribution is -0.255. The fraction of sp³-hybridized carbons (Fsp3) is 0.0556. The van der Waals surface area contributed by atoms with Crippen molar-refractivity contribution >= 4 is 40.6 Å². The third kappa shape index (κ3) is 3.87. The quantitative estimate of drug-likeness (QED) is 0.749. The molecule has 27 heavy (non-hydrogen) atoms.